The number of nitrogens with zero attached hydrogens (tertiary/aromatic N) is 3. The van der Waals surface area contributed by atoms with Crippen LogP contribution in [0.25, 0.3) is 0 Å². The molecule has 1 aromatic carbocycles. The highest BCUT2D eigenvalue weighted by Crippen LogP contribution is 2.35. The first-order valence-electron chi connectivity index (χ1n) is 9.91. The number of carbonyl (C=O) groups excluding carboxylic acids is 1. The third-order valence-corrected chi connectivity index (χ3v) is 5.87. The lowest BCUT2D eigenvalue weighted by atomic mass is 10.0. The summed E-state index contributed by atoms with van der Waals surface area (Å²) in [4.78, 5) is 19.7. The highest BCUT2D eigenvalue weighted by atomic mass is 16.5. The molecule has 1 N–H and O–H groups in total. The van der Waals surface area contributed by atoms with Crippen LogP contribution in [-0.2, 0) is 0 Å². The molecular weight excluding hydrogens is 340 g/mol. The van der Waals surface area contributed by atoms with Gasteiger partial charge in [-0.05, 0) is 43.9 Å². The fourth-order valence-electron chi connectivity index (χ4n) is 4.41. The van der Waals surface area contributed by atoms with E-state index < -0.39 is 0 Å². The van der Waals surface area contributed by atoms with Crippen molar-refractivity contribution in [1.82, 2.24) is 19.8 Å². The lowest BCUT2D eigenvalue weighted by molar-refractivity contribution is 0.171. The van der Waals surface area contributed by atoms with E-state index in [-0.39, 0.29) is 18.1 Å². The summed E-state index contributed by atoms with van der Waals surface area (Å²) in [6.07, 6.45) is 9.07. The molecule has 3 atom stereocenters. The fourth-order valence-corrected chi connectivity index (χ4v) is 4.41. The Morgan fingerprint density at radius 3 is 2.81 bits per heavy atom. The van der Waals surface area contributed by atoms with Crippen LogP contribution in [0.1, 0.15) is 68.5 Å². The molecular formula is C21H28N4O2. The molecule has 2 aliphatic heterocycles. The summed E-state index contributed by atoms with van der Waals surface area (Å²) in [5.41, 5.74) is 1.18. The first kappa shape index (κ1) is 17.9. The third kappa shape index (κ3) is 3.53. The topological polar surface area (TPSA) is 59.4 Å². The number of nitrogens with one attached hydrogen (secondary N) is 1. The minimum atomic E-state index is -0.0118. The number of urea groups is 1. The number of hydrogen-bond acceptors (Lipinski definition) is 3. The van der Waals surface area contributed by atoms with Gasteiger partial charge in [-0.2, -0.15) is 0 Å². The lowest BCUT2D eigenvalue weighted by Gasteiger charge is -2.31. The molecule has 0 spiro atoms. The van der Waals surface area contributed by atoms with E-state index in [1.807, 2.05) is 29.4 Å². The summed E-state index contributed by atoms with van der Waals surface area (Å²) >= 11 is 0. The van der Waals surface area contributed by atoms with Crippen molar-refractivity contribution in [2.75, 3.05) is 13.7 Å². The molecule has 27 heavy (non-hydrogen) atoms. The SMILES string of the molecule is COc1ccc(C2CCCCCN2C(=O)NC2CC(C)n3ccnc32)cc1. The second-order valence-corrected chi connectivity index (χ2v) is 7.61. The third-order valence-electron chi connectivity index (χ3n) is 5.87. The van der Waals surface area contributed by atoms with E-state index in [0.717, 1.165) is 43.8 Å². The van der Waals surface area contributed by atoms with Gasteiger partial charge in [-0.15, -0.1) is 0 Å². The van der Waals surface area contributed by atoms with Crippen LogP contribution in [0.4, 0.5) is 4.79 Å². The van der Waals surface area contributed by atoms with Crippen molar-refractivity contribution < 1.29 is 9.53 Å². The van der Waals surface area contributed by atoms with Gasteiger partial charge in [-0.1, -0.05) is 25.0 Å². The van der Waals surface area contributed by atoms with Crippen LogP contribution in [0.2, 0.25) is 0 Å². The number of likely N-dealkylation sites (tertiary alicyclic amines) is 1. The number of benzene rings is 1. The molecule has 3 unspecified atom stereocenters. The smallest absolute Gasteiger partial charge is 0.318 e. The highest BCUT2D eigenvalue weighted by molar-refractivity contribution is 5.75. The Kier molecular flexibility index (Phi) is 5.05. The molecule has 0 aliphatic carbocycles. The zero-order valence-corrected chi connectivity index (χ0v) is 16.1. The van der Waals surface area contributed by atoms with Crippen LogP contribution in [0, 0.1) is 0 Å². The maximum Gasteiger partial charge on any atom is 0.318 e. The van der Waals surface area contributed by atoms with Gasteiger partial charge in [-0.25, -0.2) is 9.78 Å². The van der Waals surface area contributed by atoms with E-state index >= 15 is 0 Å². The molecule has 0 radical (unpaired) electrons. The summed E-state index contributed by atoms with van der Waals surface area (Å²) in [6, 6.07) is 8.61. The van der Waals surface area contributed by atoms with E-state index in [1.165, 1.54) is 12.0 Å². The molecule has 6 nitrogen and oxygen atoms in total. The zero-order valence-electron chi connectivity index (χ0n) is 16.1. The molecule has 1 saturated heterocycles. The average molecular weight is 368 g/mol. The van der Waals surface area contributed by atoms with Gasteiger partial charge in [0.05, 0.1) is 19.2 Å². The van der Waals surface area contributed by atoms with Gasteiger partial charge >= 0.3 is 6.03 Å². The second kappa shape index (κ2) is 7.62. The monoisotopic (exact) mass is 368 g/mol. The van der Waals surface area contributed by atoms with E-state index in [0.29, 0.717) is 6.04 Å². The average Bonchev–Trinajstić information content (AvgIpc) is 3.18. The molecule has 1 fully saturated rings. The van der Waals surface area contributed by atoms with Gasteiger partial charge in [0.25, 0.3) is 0 Å². The van der Waals surface area contributed by atoms with Crippen molar-refractivity contribution in [1.29, 1.82) is 0 Å². The number of methoxy groups -OCH3 is 1. The first-order chi connectivity index (χ1) is 13.2. The number of carbonyl (C=O) groups is 1. The number of amides is 2. The number of fused-ring (bicyclic) bond motifs is 1. The molecule has 2 amide bonds. The normalized spacial score (nSPS) is 25.0. The van der Waals surface area contributed by atoms with Crippen LogP contribution in [0.5, 0.6) is 5.75 Å². The lowest BCUT2D eigenvalue weighted by Crippen LogP contribution is -2.43. The minimum Gasteiger partial charge on any atom is -0.497 e. The Morgan fingerprint density at radius 1 is 1.22 bits per heavy atom. The maximum absolute atomic E-state index is 13.2. The van der Waals surface area contributed by atoms with Gasteiger partial charge in [0, 0.05) is 25.0 Å². The van der Waals surface area contributed by atoms with Crippen molar-refractivity contribution in [3.63, 3.8) is 0 Å². The molecule has 4 rings (SSSR count). The fraction of sp³-hybridized carbons (Fsp3) is 0.524. The van der Waals surface area contributed by atoms with Crippen molar-refractivity contribution in [2.24, 2.45) is 0 Å². The number of imidazole rings is 1. The van der Waals surface area contributed by atoms with Crippen LogP contribution in [-0.4, -0.2) is 34.1 Å². The van der Waals surface area contributed by atoms with E-state index in [1.54, 1.807) is 7.11 Å². The van der Waals surface area contributed by atoms with Gasteiger partial charge in [0.15, 0.2) is 0 Å². The number of aromatic nitrogens is 2. The first-order valence-corrected chi connectivity index (χ1v) is 9.91. The standard InChI is InChI=1S/C21H28N4O2/c1-15-14-18(20-22-11-13-24(15)20)23-21(26)25-12-5-3-4-6-19(25)16-7-9-17(27-2)10-8-16/h7-11,13,15,18-19H,3-6,12,14H2,1-2H3,(H,23,26). The molecule has 2 aromatic rings. The largest absolute Gasteiger partial charge is 0.497 e. The van der Waals surface area contributed by atoms with Gasteiger partial charge in [0.1, 0.15) is 11.6 Å². The van der Waals surface area contributed by atoms with Crippen LogP contribution in [0.3, 0.4) is 0 Å². The van der Waals surface area contributed by atoms with E-state index in [4.69, 9.17) is 4.74 Å². The summed E-state index contributed by atoms with van der Waals surface area (Å²) in [7, 11) is 1.67. The Bertz CT molecular complexity index is 786. The maximum atomic E-state index is 13.2. The predicted octanol–water partition coefficient (Wildman–Crippen LogP) is 4.22. The number of hydrogen-bond donors (Lipinski definition) is 1. The van der Waals surface area contributed by atoms with Crippen LogP contribution in [0.15, 0.2) is 36.7 Å². The molecule has 2 aliphatic rings. The summed E-state index contributed by atoms with van der Waals surface area (Å²) in [5, 5.41) is 3.25. The molecule has 144 valence electrons. The second-order valence-electron chi connectivity index (χ2n) is 7.61. The number of rotatable bonds is 3. The van der Waals surface area contributed by atoms with Crippen LogP contribution >= 0.6 is 0 Å². The van der Waals surface area contributed by atoms with Gasteiger partial charge < -0.3 is 19.5 Å². The summed E-state index contributed by atoms with van der Waals surface area (Å²) < 4.78 is 7.44. The molecule has 1 aromatic heterocycles. The number of ether oxygens (including phenoxy) is 1. The molecule has 0 saturated carbocycles. The van der Waals surface area contributed by atoms with E-state index in [9.17, 15) is 4.79 Å². The molecule has 3 heterocycles. The predicted molar refractivity (Wildman–Crippen MR) is 104 cm³/mol. The van der Waals surface area contributed by atoms with Gasteiger partial charge in [-0.3, -0.25) is 0 Å². The Balaban J connectivity index is 1.53. The Morgan fingerprint density at radius 2 is 2.04 bits per heavy atom. The Labute approximate surface area is 160 Å². The van der Waals surface area contributed by atoms with Gasteiger partial charge in [0.2, 0.25) is 0 Å². The quantitative estimate of drug-likeness (QED) is 0.882. The zero-order chi connectivity index (χ0) is 18.8. The van der Waals surface area contributed by atoms with Crippen molar-refractivity contribution in [3.05, 3.63) is 48.0 Å². The minimum absolute atomic E-state index is 0.0118. The van der Waals surface area contributed by atoms with E-state index in [2.05, 4.69) is 33.9 Å². The van der Waals surface area contributed by atoms with Crippen molar-refractivity contribution in [2.45, 2.75) is 57.2 Å². The van der Waals surface area contributed by atoms with Crippen molar-refractivity contribution in [3.8, 4) is 5.75 Å². The molecule has 6 heteroatoms. The van der Waals surface area contributed by atoms with Crippen molar-refractivity contribution >= 4 is 6.03 Å². The molecule has 0 bridgehead atoms. The van der Waals surface area contributed by atoms with Crippen LogP contribution < -0.4 is 10.1 Å². The summed E-state index contributed by atoms with van der Waals surface area (Å²) in [5.74, 6) is 1.81. The Hall–Kier alpha value is -2.50. The summed E-state index contributed by atoms with van der Waals surface area (Å²) in [6.45, 7) is 2.96. The highest BCUT2D eigenvalue weighted by Gasteiger charge is 2.33.